The third-order valence-corrected chi connectivity index (χ3v) is 5.51. The molecule has 0 aliphatic rings. The van der Waals surface area contributed by atoms with Crippen LogP contribution in [0.4, 0.5) is 0 Å². The van der Waals surface area contributed by atoms with Crippen molar-refractivity contribution in [2.45, 2.75) is 33.4 Å². The van der Waals surface area contributed by atoms with Crippen LogP contribution in [0.25, 0.3) is 44.6 Å². The fraction of sp³-hybridized carbons (Fsp3) is 0.156. The van der Waals surface area contributed by atoms with Gasteiger partial charge in [-0.05, 0) is 54.7 Å². The van der Waals surface area contributed by atoms with E-state index in [2.05, 4.69) is 27.1 Å². The monoisotopic (exact) mass is 672 g/mol. The molecule has 1 radical (unpaired) electrons. The van der Waals surface area contributed by atoms with Gasteiger partial charge in [-0.25, -0.2) is 4.98 Å². The Labute approximate surface area is 245 Å². The minimum atomic E-state index is -2.78. The SMILES string of the molecule is [2H]C([2H])([2H])c1ccc2c(n1)oc1c(-c3cc(C([2H])([2H])[2H])c(C([2H])(C)C([2H])([2H])[2H])cn3)[c-]ccc12.[Ir].[c-]1ccccc1-c1ccccn1. The van der Waals surface area contributed by atoms with Crippen LogP contribution in [0.1, 0.15) is 50.2 Å². The predicted octanol–water partition coefficient (Wildman–Crippen LogP) is 8.13. The van der Waals surface area contributed by atoms with Crippen molar-refractivity contribution in [3.8, 4) is 22.5 Å². The Bertz CT molecular complexity index is 1950. The Kier molecular flexibility index (Phi) is 5.09. The summed E-state index contributed by atoms with van der Waals surface area (Å²) in [6.45, 7) is -6.78. The minimum Gasteiger partial charge on any atom is -0.486 e. The predicted molar refractivity (Wildman–Crippen MR) is 146 cm³/mol. The van der Waals surface area contributed by atoms with Gasteiger partial charge in [-0.3, -0.25) is 0 Å². The first-order valence-electron chi connectivity index (χ1n) is 16.1. The van der Waals surface area contributed by atoms with Gasteiger partial charge < -0.3 is 14.4 Å². The second-order valence-corrected chi connectivity index (χ2v) is 7.98. The molecule has 37 heavy (non-hydrogen) atoms. The fourth-order valence-corrected chi connectivity index (χ4v) is 3.78. The zero-order valence-electron chi connectivity index (χ0n) is 29.7. The van der Waals surface area contributed by atoms with Crippen molar-refractivity contribution < 1.29 is 38.2 Å². The van der Waals surface area contributed by atoms with Gasteiger partial charge >= 0.3 is 0 Å². The molecule has 0 aliphatic carbocycles. The minimum absolute atomic E-state index is 0. The second kappa shape index (κ2) is 11.6. The molecule has 0 saturated heterocycles. The molecule has 6 rings (SSSR count). The van der Waals surface area contributed by atoms with Gasteiger partial charge in [0.05, 0.1) is 5.58 Å². The molecule has 1 atom stereocenters. The summed E-state index contributed by atoms with van der Waals surface area (Å²) in [6, 6.07) is 27.3. The van der Waals surface area contributed by atoms with E-state index in [1.807, 2.05) is 42.5 Å². The van der Waals surface area contributed by atoms with E-state index < -0.39 is 26.4 Å². The normalized spacial score (nSPS) is 17.3. The number of aromatic nitrogens is 3. The maximum atomic E-state index is 8.36. The summed E-state index contributed by atoms with van der Waals surface area (Å²) >= 11 is 0. The summed E-state index contributed by atoms with van der Waals surface area (Å²) in [7, 11) is 0. The number of pyridine rings is 3. The van der Waals surface area contributed by atoms with Crippen molar-refractivity contribution in [2.75, 3.05) is 0 Å². The van der Waals surface area contributed by atoms with Gasteiger partial charge in [-0.2, -0.15) is 0 Å². The summed E-state index contributed by atoms with van der Waals surface area (Å²) < 4.78 is 83.7. The largest absolute Gasteiger partial charge is 0.486 e. The number of aryl methyl sites for hydroxylation is 2. The Morgan fingerprint density at radius 1 is 0.919 bits per heavy atom. The molecular weight excluding hydrogens is 635 g/mol. The topological polar surface area (TPSA) is 51.8 Å². The molecule has 1 unspecified atom stereocenters. The molecule has 6 aromatic rings. The van der Waals surface area contributed by atoms with E-state index in [0.29, 0.717) is 16.3 Å². The third-order valence-electron chi connectivity index (χ3n) is 5.51. The van der Waals surface area contributed by atoms with Crippen LogP contribution in [0.5, 0.6) is 0 Å². The van der Waals surface area contributed by atoms with Gasteiger partial charge in [0.1, 0.15) is 0 Å². The van der Waals surface area contributed by atoms with Crippen LogP contribution in [0.15, 0.2) is 89.6 Å². The first-order chi connectivity index (χ1) is 21.5. The summed E-state index contributed by atoms with van der Waals surface area (Å²) in [5, 5.41) is 1.16. The molecule has 4 aromatic heterocycles. The van der Waals surface area contributed by atoms with E-state index in [1.165, 1.54) is 12.1 Å². The summed E-state index contributed by atoms with van der Waals surface area (Å²) in [6.07, 6.45) is 2.88. The van der Waals surface area contributed by atoms with Crippen LogP contribution in [-0.2, 0) is 20.1 Å². The number of benzene rings is 2. The van der Waals surface area contributed by atoms with Crippen molar-refractivity contribution in [2.24, 2.45) is 0 Å². The zero-order valence-corrected chi connectivity index (χ0v) is 22.1. The molecule has 0 amide bonds. The fourth-order valence-electron chi connectivity index (χ4n) is 3.78. The summed E-state index contributed by atoms with van der Waals surface area (Å²) in [5.41, 5.74) is 2.16. The first-order valence-corrected chi connectivity index (χ1v) is 11.1. The quantitative estimate of drug-likeness (QED) is 0.178. The number of hydrogen-bond acceptors (Lipinski definition) is 4. The smallest absolute Gasteiger partial charge is 0.216 e. The Morgan fingerprint density at radius 2 is 1.84 bits per heavy atom. The number of furan rings is 1. The average Bonchev–Trinajstić information content (AvgIpc) is 3.39. The number of rotatable bonds is 3. The molecule has 187 valence electrons. The van der Waals surface area contributed by atoms with Crippen LogP contribution in [0, 0.1) is 25.8 Å². The Balaban J connectivity index is 0.000000322. The molecule has 2 aromatic carbocycles. The molecule has 0 saturated carbocycles. The van der Waals surface area contributed by atoms with Crippen molar-refractivity contribution in [3.63, 3.8) is 0 Å². The first kappa shape index (κ1) is 16.2. The maximum absolute atomic E-state index is 8.36. The van der Waals surface area contributed by atoms with E-state index in [-0.39, 0.29) is 53.9 Å². The van der Waals surface area contributed by atoms with E-state index in [9.17, 15) is 0 Å². The Hall–Kier alpha value is -3.66. The van der Waals surface area contributed by atoms with Crippen molar-refractivity contribution in [1.82, 2.24) is 15.0 Å². The second-order valence-electron chi connectivity index (χ2n) is 7.98. The van der Waals surface area contributed by atoms with E-state index in [0.717, 1.165) is 24.4 Å². The van der Waals surface area contributed by atoms with Gasteiger partial charge in [0.25, 0.3) is 0 Å². The van der Waals surface area contributed by atoms with Gasteiger partial charge in [0.2, 0.25) is 5.71 Å². The molecule has 0 bridgehead atoms. The van der Waals surface area contributed by atoms with Crippen LogP contribution in [0.3, 0.4) is 0 Å². The number of nitrogens with zero attached hydrogens (tertiary/aromatic N) is 3. The van der Waals surface area contributed by atoms with Crippen LogP contribution >= 0.6 is 0 Å². The van der Waals surface area contributed by atoms with Crippen molar-refractivity contribution >= 4 is 22.1 Å². The Morgan fingerprint density at radius 3 is 2.59 bits per heavy atom. The van der Waals surface area contributed by atoms with E-state index in [4.69, 9.17) is 18.1 Å². The number of hydrogen-bond donors (Lipinski definition) is 0. The molecule has 4 nitrogen and oxygen atoms in total. The van der Waals surface area contributed by atoms with Crippen LogP contribution < -0.4 is 0 Å². The van der Waals surface area contributed by atoms with E-state index >= 15 is 0 Å². The summed E-state index contributed by atoms with van der Waals surface area (Å²) in [5.74, 6) is -2.20. The molecule has 0 spiro atoms. The molecule has 0 fully saturated rings. The third kappa shape index (κ3) is 5.69. The maximum Gasteiger partial charge on any atom is 0.216 e. The molecule has 0 N–H and O–H groups in total. The summed E-state index contributed by atoms with van der Waals surface area (Å²) in [4.78, 5) is 12.6. The molecule has 5 heteroatoms. The standard InChI is InChI=1S/C21H19N2O.C11H8N.Ir/c1-12(2)18-11-22-19(10-13(18)3)17-7-5-6-15-16-9-8-14(4)23-21(16)24-20(15)17;1-2-6-10(7-3-1)11-8-4-5-9-12-11;/h5-6,8-12H,1-4H3;1-6,8-9H;/q2*-1;/i1D3,3D3,4D3,12D;;. The van der Waals surface area contributed by atoms with Crippen molar-refractivity contribution in [1.29, 1.82) is 0 Å². The molecular formula is C32H27IrN3O-2. The van der Waals surface area contributed by atoms with Crippen molar-refractivity contribution in [3.05, 3.63) is 114 Å². The average molecular weight is 672 g/mol. The van der Waals surface area contributed by atoms with Gasteiger partial charge in [0, 0.05) is 57.3 Å². The van der Waals surface area contributed by atoms with Gasteiger partial charge in [0.15, 0.2) is 0 Å². The zero-order chi connectivity index (χ0) is 33.5. The van der Waals surface area contributed by atoms with Crippen LogP contribution in [0.2, 0.25) is 0 Å². The van der Waals surface area contributed by atoms with Gasteiger partial charge in [-0.1, -0.05) is 48.5 Å². The van der Waals surface area contributed by atoms with Gasteiger partial charge in [-0.15, -0.1) is 54.1 Å². The van der Waals surface area contributed by atoms with E-state index in [1.54, 1.807) is 24.4 Å². The number of fused-ring (bicyclic) bond motifs is 3. The molecule has 0 aliphatic heterocycles. The molecule has 4 heterocycles. The van der Waals surface area contributed by atoms with Crippen LogP contribution in [-0.4, -0.2) is 15.0 Å².